The minimum atomic E-state index is -0.183. The second-order valence-corrected chi connectivity index (χ2v) is 6.60. The molecule has 2 aromatic carbocycles. The largest absolute Gasteiger partial charge is 0.321 e. The van der Waals surface area contributed by atoms with E-state index in [1.807, 2.05) is 42.5 Å². The van der Waals surface area contributed by atoms with E-state index in [2.05, 4.69) is 53.1 Å². The van der Waals surface area contributed by atoms with Gasteiger partial charge in [-0.3, -0.25) is 4.79 Å². The van der Waals surface area contributed by atoms with E-state index in [9.17, 15) is 4.79 Å². The maximum Gasteiger partial charge on any atom is 0.248 e. The van der Waals surface area contributed by atoms with Crippen molar-refractivity contribution in [2.45, 2.75) is 0 Å². The molecular weight excluding hydrogens is 450 g/mol. The van der Waals surface area contributed by atoms with Gasteiger partial charge in [-0.05, 0) is 55.6 Å². The van der Waals surface area contributed by atoms with Crippen LogP contribution in [0.15, 0.2) is 62.0 Å². The van der Waals surface area contributed by atoms with E-state index in [1.165, 1.54) is 6.08 Å². The van der Waals surface area contributed by atoms with Crippen molar-refractivity contribution in [2.75, 3.05) is 5.32 Å². The molecule has 0 fully saturated rings. The first-order valence-corrected chi connectivity index (χ1v) is 8.13. The minimum Gasteiger partial charge on any atom is -0.321 e. The number of amides is 1. The fourth-order valence-corrected chi connectivity index (χ4v) is 4.02. The zero-order valence-corrected chi connectivity index (χ0v) is 15.0. The first kappa shape index (κ1) is 15.5. The molecule has 2 rings (SSSR count). The zero-order valence-electron chi connectivity index (χ0n) is 10.2. The highest BCUT2D eigenvalue weighted by molar-refractivity contribution is 9.11. The van der Waals surface area contributed by atoms with Gasteiger partial charge in [0.2, 0.25) is 5.91 Å². The number of rotatable bonds is 3. The summed E-state index contributed by atoms with van der Waals surface area (Å²) in [7, 11) is 0. The molecule has 2 nitrogen and oxygen atoms in total. The summed E-state index contributed by atoms with van der Waals surface area (Å²) >= 11 is 10.2. The Labute approximate surface area is 142 Å². The summed E-state index contributed by atoms with van der Waals surface area (Å²) in [6, 6.07) is 13.4. The number of hydrogen-bond donors (Lipinski definition) is 1. The van der Waals surface area contributed by atoms with Gasteiger partial charge >= 0.3 is 0 Å². The molecule has 0 heterocycles. The maximum absolute atomic E-state index is 11.9. The SMILES string of the molecule is O=C(/C=C/c1ccccc1)Nc1c(Br)cc(Br)cc1Br. The summed E-state index contributed by atoms with van der Waals surface area (Å²) in [6.07, 6.45) is 3.28. The van der Waals surface area contributed by atoms with Crippen molar-refractivity contribution in [3.63, 3.8) is 0 Å². The second-order valence-electron chi connectivity index (χ2n) is 3.98. The molecule has 1 N–H and O–H groups in total. The molecular formula is C15H10Br3NO. The van der Waals surface area contributed by atoms with Gasteiger partial charge in [-0.1, -0.05) is 46.3 Å². The fourth-order valence-electron chi connectivity index (χ4n) is 1.56. The summed E-state index contributed by atoms with van der Waals surface area (Å²) < 4.78 is 2.54. The Bertz CT molecular complexity index is 630. The molecule has 0 saturated carbocycles. The van der Waals surface area contributed by atoms with Crippen molar-refractivity contribution in [1.29, 1.82) is 0 Å². The standard InChI is InChI=1S/C15H10Br3NO/c16-11-8-12(17)15(13(18)9-11)19-14(20)7-6-10-4-2-1-3-5-10/h1-9H,(H,19,20)/b7-6+. The van der Waals surface area contributed by atoms with Crippen molar-refractivity contribution < 1.29 is 4.79 Å². The number of carbonyl (C=O) groups is 1. The first-order chi connectivity index (χ1) is 9.56. The molecule has 0 bridgehead atoms. The molecule has 1 amide bonds. The molecule has 0 aromatic heterocycles. The van der Waals surface area contributed by atoms with Gasteiger partial charge in [-0.25, -0.2) is 0 Å². The summed E-state index contributed by atoms with van der Waals surface area (Å²) in [5, 5.41) is 2.84. The molecule has 2 aromatic rings. The molecule has 0 saturated heterocycles. The van der Waals surface area contributed by atoms with Gasteiger partial charge in [0.25, 0.3) is 0 Å². The van der Waals surface area contributed by atoms with Crippen LogP contribution in [0.25, 0.3) is 6.08 Å². The van der Waals surface area contributed by atoms with E-state index in [1.54, 1.807) is 6.08 Å². The predicted molar refractivity (Wildman–Crippen MR) is 93.6 cm³/mol. The van der Waals surface area contributed by atoms with E-state index in [0.717, 1.165) is 19.0 Å². The molecule has 0 radical (unpaired) electrons. The van der Waals surface area contributed by atoms with Crippen LogP contribution in [0.1, 0.15) is 5.56 Å². The number of benzene rings is 2. The summed E-state index contributed by atoms with van der Waals surface area (Å²) in [4.78, 5) is 11.9. The maximum atomic E-state index is 11.9. The van der Waals surface area contributed by atoms with Crippen LogP contribution >= 0.6 is 47.8 Å². The monoisotopic (exact) mass is 457 g/mol. The lowest BCUT2D eigenvalue weighted by molar-refractivity contribution is -0.111. The van der Waals surface area contributed by atoms with Gasteiger partial charge in [0.05, 0.1) is 5.69 Å². The van der Waals surface area contributed by atoms with E-state index in [-0.39, 0.29) is 5.91 Å². The van der Waals surface area contributed by atoms with Crippen molar-refractivity contribution >= 4 is 65.5 Å². The van der Waals surface area contributed by atoms with Crippen LogP contribution in [0.5, 0.6) is 0 Å². The number of nitrogens with one attached hydrogen (secondary N) is 1. The Hall–Kier alpha value is -0.910. The van der Waals surface area contributed by atoms with E-state index in [4.69, 9.17) is 0 Å². The number of anilines is 1. The predicted octanol–water partition coefficient (Wildman–Crippen LogP) is 5.63. The van der Waals surface area contributed by atoms with E-state index in [0.29, 0.717) is 5.69 Å². The van der Waals surface area contributed by atoms with Crippen molar-refractivity contribution in [2.24, 2.45) is 0 Å². The van der Waals surface area contributed by atoms with Gasteiger partial charge in [-0.2, -0.15) is 0 Å². The normalized spacial score (nSPS) is 10.8. The summed E-state index contributed by atoms with van der Waals surface area (Å²) in [5.41, 5.74) is 1.69. The minimum absolute atomic E-state index is 0.183. The average Bonchev–Trinajstić information content (AvgIpc) is 2.42. The number of carbonyl (C=O) groups excluding carboxylic acids is 1. The molecule has 0 unspecified atom stereocenters. The second kappa shape index (κ2) is 7.20. The first-order valence-electron chi connectivity index (χ1n) is 5.75. The van der Waals surface area contributed by atoms with Gasteiger partial charge in [0, 0.05) is 19.5 Å². The average molecular weight is 460 g/mol. The van der Waals surface area contributed by atoms with Crippen LogP contribution in [0.3, 0.4) is 0 Å². The molecule has 0 aliphatic heterocycles. The highest BCUT2D eigenvalue weighted by Crippen LogP contribution is 2.34. The van der Waals surface area contributed by atoms with Crippen molar-refractivity contribution in [3.05, 3.63) is 67.5 Å². The van der Waals surface area contributed by atoms with Crippen LogP contribution < -0.4 is 5.32 Å². The third-order valence-electron chi connectivity index (χ3n) is 2.48. The summed E-state index contributed by atoms with van der Waals surface area (Å²) in [6.45, 7) is 0. The Balaban J connectivity index is 2.11. The van der Waals surface area contributed by atoms with Gasteiger partial charge < -0.3 is 5.32 Å². The molecule has 0 atom stereocenters. The lowest BCUT2D eigenvalue weighted by atomic mass is 10.2. The molecule has 0 spiro atoms. The highest BCUT2D eigenvalue weighted by Gasteiger charge is 2.08. The van der Waals surface area contributed by atoms with Crippen LogP contribution in [-0.2, 0) is 4.79 Å². The smallest absolute Gasteiger partial charge is 0.248 e. The fraction of sp³-hybridized carbons (Fsp3) is 0. The van der Waals surface area contributed by atoms with Crippen LogP contribution in [0, 0.1) is 0 Å². The lowest BCUT2D eigenvalue weighted by Crippen LogP contribution is -2.08. The Morgan fingerprint density at radius 2 is 1.60 bits per heavy atom. The molecule has 5 heteroatoms. The quantitative estimate of drug-likeness (QED) is 0.592. The molecule has 0 aliphatic carbocycles. The van der Waals surface area contributed by atoms with Crippen molar-refractivity contribution in [1.82, 2.24) is 0 Å². The molecule has 0 aliphatic rings. The Morgan fingerprint density at radius 3 is 2.20 bits per heavy atom. The molecule has 20 heavy (non-hydrogen) atoms. The third kappa shape index (κ3) is 4.30. The van der Waals surface area contributed by atoms with Crippen LogP contribution in [0.4, 0.5) is 5.69 Å². The lowest BCUT2D eigenvalue weighted by Gasteiger charge is -2.08. The molecule has 102 valence electrons. The van der Waals surface area contributed by atoms with Crippen molar-refractivity contribution in [3.8, 4) is 0 Å². The summed E-state index contributed by atoms with van der Waals surface area (Å²) in [5.74, 6) is -0.183. The zero-order chi connectivity index (χ0) is 14.5. The number of hydrogen-bond acceptors (Lipinski definition) is 1. The van der Waals surface area contributed by atoms with E-state index < -0.39 is 0 Å². The van der Waals surface area contributed by atoms with Gasteiger partial charge in [0.1, 0.15) is 0 Å². The topological polar surface area (TPSA) is 29.1 Å². The van der Waals surface area contributed by atoms with Crippen LogP contribution in [-0.4, -0.2) is 5.91 Å². The van der Waals surface area contributed by atoms with Gasteiger partial charge in [0.15, 0.2) is 0 Å². The third-order valence-corrected chi connectivity index (χ3v) is 4.19. The number of halogens is 3. The Morgan fingerprint density at radius 1 is 1.00 bits per heavy atom. The van der Waals surface area contributed by atoms with Gasteiger partial charge in [-0.15, -0.1) is 0 Å². The Kier molecular flexibility index (Phi) is 5.57. The highest BCUT2D eigenvalue weighted by atomic mass is 79.9. The van der Waals surface area contributed by atoms with Crippen LogP contribution in [0.2, 0.25) is 0 Å². The van der Waals surface area contributed by atoms with E-state index >= 15 is 0 Å².